The number of imidazole rings is 2. The summed E-state index contributed by atoms with van der Waals surface area (Å²) in [4.78, 5) is 6.68. The molecular weight excluding hydrogens is 152 g/mol. The van der Waals surface area contributed by atoms with Gasteiger partial charge in [-0.15, -0.1) is 0 Å². The zero-order valence-corrected chi connectivity index (χ0v) is 7.31. The first-order chi connectivity index (χ1) is 5.79. The summed E-state index contributed by atoms with van der Waals surface area (Å²) in [6.07, 6.45) is 11.1. The van der Waals surface area contributed by atoms with Crippen molar-refractivity contribution < 1.29 is 4.57 Å². The molecule has 0 fully saturated rings. The monoisotopic (exact) mass is 165 g/mol. The number of nitrogens with one attached hydrogen (secondary N) is 1. The molecular formula is C8H13N4+. The van der Waals surface area contributed by atoms with Crippen molar-refractivity contribution in [2.45, 2.75) is 0 Å². The summed E-state index contributed by atoms with van der Waals surface area (Å²) in [5, 5.41) is 0. The molecule has 2 heterocycles. The van der Waals surface area contributed by atoms with Gasteiger partial charge in [-0.25, -0.2) is 9.55 Å². The van der Waals surface area contributed by atoms with Crippen LogP contribution in [0.5, 0.6) is 0 Å². The molecule has 4 nitrogen and oxygen atoms in total. The Balaban J connectivity index is 0.000000120. The summed E-state index contributed by atoms with van der Waals surface area (Å²) in [6.45, 7) is 0. The molecule has 0 unspecified atom stereocenters. The van der Waals surface area contributed by atoms with Crippen molar-refractivity contribution in [3.63, 3.8) is 0 Å². The lowest BCUT2D eigenvalue weighted by Crippen LogP contribution is -2.22. The van der Waals surface area contributed by atoms with E-state index in [2.05, 4.69) is 9.97 Å². The number of aryl methyl sites for hydroxylation is 2. The molecule has 0 atom stereocenters. The maximum Gasteiger partial charge on any atom is 0.241 e. The topological polar surface area (TPSA) is 37.5 Å². The smallest absolute Gasteiger partial charge is 0.241 e. The van der Waals surface area contributed by atoms with Crippen LogP contribution in [0.4, 0.5) is 0 Å². The molecule has 2 aromatic heterocycles. The largest absolute Gasteiger partial charge is 0.341 e. The van der Waals surface area contributed by atoms with Crippen LogP contribution in [0.2, 0.25) is 0 Å². The van der Waals surface area contributed by atoms with Gasteiger partial charge < -0.3 is 4.57 Å². The normalized spacial score (nSPS) is 8.83. The van der Waals surface area contributed by atoms with Gasteiger partial charge in [-0.05, 0) is 0 Å². The Morgan fingerprint density at radius 3 is 2.50 bits per heavy atom. The molecule has 0 amide bonds. The maximum absolute atomic E-state index is 3.78. The van der Waals surface area contributed by atoms with Crippen molar-refractivity contribution in [3.05, 3.63) is 37.4 Å². The highest BCUT2D eigenvalue weighted by Gasteiger charge is 1.78. The van der Waals surface area contributed by atoms with Crippen LogP contribution in [0.3, 0.4) is 0 Å². The van der Waals surface area contributed by atoms with Crippen LogP contribution in [0.1, 0.15) is 0 Å². The lowest BCUT2D eigenvalue weighted by molar-refractivity contribution is -0.670. The molecule has 0 bridgehead atoms. The van der Waals surface area contributed by atoms with Crippen molar-refractivity contribution in [3.8, 4) is 0 Å². The fourth-order valence-electron chi connectivity index (χ4n) is 0.690. The van der Waals surface area contributed by atoms with Gasteiger partial charge in [0, 0.05) is 19.4 Å². The minimum absolute atomic E-state index is 1.75. The molecule has 64 valence electrons. The SMILES string of the molecule is C[n+]1cc[nH]c1.Cn1ccnc1. The van der Waals surface area contributed by atoms with Crippen LogP contribution >= 0.6 is 0 Å². The summed E-state index contributed by atoms with van der Waals surface area (Å²) < 4.78 is 3.83. The summed E-state index contributed by atoms with van der Waals surface area (Å²) in [7, 11) is 3.91. The molecule has 1 N–H and O–H groups in total. The fraction of sp³-hybridized carbons (Fsp3) is 0.250. The lowest BCUT2D eigenvalue weighted by Gasteiger charge is -1.76. The molecule has 2 rings (SSSR count). The van der Waals surface area contributed by atoms with Gasteiger partial charge in [-0.2, -0.15) is 0 Å². The average molecular weight is 165 g/mol. The summed E-state index contributed by atoms with van der Waals surface area (Å²) in [5.74, 6) is 0. The van der Waals surface area contributed by atoms with E-state index < -0.39 is 0 Å². The van der Waals surface area contributed by atoms with Gasteiger partial charge in [0.1, 0.15) is 12.4 Å². The van der Waals surface area contributed by atoms with Crippen molar-refractivity contribution >= 4 is 0 Å². The van der Waals surface area contributed by atoms with E-state index in [-0.39, 0.29) is 0 Å². The molecule has 0 aliphatic heterocycles. The van der Waals surface area contributed by atoms with Gasteiger partial charge in [0.25, 0.3) is 0 Å². The van der Waals surface area contributed by atoms with Crippen LogP contribution in [-0.4, -0.2) is 14.5 Å². The zero-order valence-electron chi connectivity index (χ0n) is 7.31. The molecule has 0 saturated heterocycles. The minimum atomic E-state index is 1.75. The standard InChI is InChI=1S/2C4H6N2/c2*1-6-3-2-5-4-6/h2*2-4H,1H3/p+1. The predicted molar refractivity (Wildman–Crippen MR) is 45.2 cm³/mol. The Bertz CT molecular complexity index is 250. The highest BCUT2D eigenvalue weighted by molar-refractivity contribution is 4.70. The van der Waals surface area contributed by atoms with Crippen LogP contribution in [0, 0.1) is 0 Å². The van der Waals surface area contributed by atoms with Gasteiger partial charge in [-0.1, -0.05) is 0 Å². The Labute approximate surface area is 71.5 Å². The minimum Gasteiger partial charge on any atom is -0.341 e. The third-order valence-electron chi connectivity index (χ3n) is 1.32. The summed E-state index contributed by atoms with van der Waals surface area (Å²) >= 11 is 0. The zero-order chi connectivity index (χ0) is 8.81. The third-order valence-corrected chi connectivity index (χ3v) is 1.32. The molecule has 2 aromatic rings. The van der Waals surface area contributed by atoms with Crippen molar-refractivity contribution in [2.24, 2.45) is 14.1 Å². The van der Waals surface area contributed by atoms with E-state index in [0.717, 1.165) is 0 Å². The molecule has 0 aliphatic carbocycles. The Hall–Kier alpha value is -1.58. The van der Waals surface area contributed by atoms with E-state index in [9.17, 15) is 0 Å². The van der Waals surface area contributed by atoms with Gasteiger partial charge >= 0.3 is 0 Å². The Morgan fingerprint density at radius 2 is 2.33 bits per heavy atom. The van der Waals surface area contributed by atoms with Crippen molar-refractivity contribution in [1.29, 1.82) is 0 Å². The first-order valence-electron chi connectivity index (χ1n) is 3.69. The number of rotatable bonds is 0. The second-order valence-electron chi connectivity index (χ2n) is 2.51. The first kappa shape index (κ1) is 8.52. The number of nitrogens with zero attached hydrogens (tertiary/aromatic N) is 3. The van der Waals surface area contributed by atoms with Gasteiger partial charge in [0.2, 0.25) is 6.33 Å². The second-order valence-corrected chi connectivity index (χ2v) is 2.51. The van der Waals surface area contributed by atoms with E-state index in [1.807, 2.05) is 48.1 Å². The maximum atomic E-state index is 3.78. The van der Waals surface area contributed by atoms with Crippen LogP contribution in [-0.2, 0) is 14.1 Å². The molecule has 0 saturated carbocycles. The molecule has 0 spiro atoms. The van der Waals surface area contributed by atoms with Gasteiger partial charge in [0.15, 0.2) is 0 Å². The second kappa shape index (κ2) is 4.33. The van der Waals surface area contributed by atoms with Gasteiger partial charge in [-0.3, -0.25) is 4.98 Å². The van der Waals surface area contributed by atoms with E-state index >= 15 is 0 Å². The summed E-state index contributed by atoms with van der Waals surface area (Å²) in [6, 6.07) is 0. The Kier molecular flexibility index (Phi) is 3.07. The Morgan fingerprint density at radius 1 is 1.50 bits per heavy atom. The highest BCUT2D eigenvalue weighted by Crippen LogP contribution is 1.73. The van der Waals surface area contributed by atoms with E-state index in [4.69, 9.17) is 0 Å². The quantitative estimate of drug-likeness (QED) is 0.559. The number of hydrogen-bond acceptors (Lipinski definition) is 1. The number of aromatic amines is 1. The van der Waals surface area contributed by atoms with E-state index in [0.29, 0.717) is 0 Å². The average Bonchev–Trinajstić information content (AvgIpc) is 2.63. The van der Waals surface area contributed by atoms with Crippen molar-refractivity contribution in [1.82, 2.24) is 14.5 Å². The van der Waals surface area contributed by atoms with Crippen LogP contribution in [0.15, 0.2) is 37.4 Å². The fourth-order valence-corrected chi connectivity index (χ4v) is 0.690. The van der Waals surface area contributed by atoms with E-state index in [1.165, 1.54) is 0 Å². The molecule has 12 heavy (non-hydrogen) atoms. The molecule has 4 heteroatoms. The van der Waals surface area contributed by atoms with Crippen LogP contribution < -0.4 is 4.57 Å². The first-order valence-corrected chi connectivity index (χ1v) is 3.69. The van der Waals surface area contributed by atoms with Gasteiger partial charge in [0.05, 0.1) is 13.4 Å². The lowest BCUT2D eigenvalue weighted by atomic mass is 10.9. The number of hydrogen-bond donors (Lipinski definition) is 1. The summed E-state index contributed by atoms with van der Waals surface area (Å²) in [5.41, 5.74) is 0. The molecule has 0 aliphatic rings. The predicted octanol–water partition coefficient (Wildman–Crippen LogP) is 0.259. The van der Waals surface area contributed by atoms with Crippen molar-refractivity contribution in [2.75, 3.05) is 0 Å². The number of H-pyrrole nitrogens is 1. The number of aromatic nitrogens is 4. The molecule has 0 radical (unpaired) electrons. The third kappa shape index (κ3) is 3.01. The molecule has 0 aromatic carbocycles. The van der Waals surface area contributed by atoms with Crippen LogP contribution in [0.25, 0.3) is 0 Å². The van der Waals surface area contributed by atoms with E-state index in [1.54, 1.807) is 12.5 Å². The highest BCUT2D eigenvalue weighted by atomic mass is 15.0.